The van der Waals surface area contributed by atoms with Crippen LogP contribution in [0.5, 0.6) is 0 Å². The van der Waals surface area contributed by atoms with Crippen molar-refractivity contribution in [3.63, 3.8) is 0 Å². The summed E-state index contributed by atoms with van der Waals surface area (Å²) in [4.78, 5) is 7.07. The van der Waals surface area contributed by atoms with Gasteiger partial charge in [0.2, 0.25) is 0 Å². The molecule has 0 aliphatic rings. The van der Waals surface area contributed by atoms with Gasteiger partial charge in [-0.3, -0.25) is 0 Å². The molecule has 14 aromatic carbocycles. The summed E-state index contributed by atoms with van der Waals surface area (Å²) in [6.45, 7) is 0. The fourth-order valence-electron chi connectivity index (χ4n) is 11.6. The molecule has 0 saturated heterocycles. The van der Waals surface area contributed by atoms with Crippen LogP contribution in [0, 0.1) is 0 Å². The second kappa shape index (κ2) is 22.6. The van der Waals surface area contributed by atoms with Crippen molar-refractivity contribution in [2.45, 2.75) is 0 Å². The maximum Gasteiger partial charge on any atom is 0.0540 e. The van der Waals surface area contributed by atoms with Crippen LogP contribution in [0.1, 0.15) is 0 Å². The van der Waals surface area contributed by atoms with E-state index in [1.807, 2.05) is 0 Å². The molecule has 0 fully saturated rings. The number of hydrogen-bond donors (Lipinski definition) is 0. The van der Waals surface area contributed by atoms with E-state index in [2.05, 4.69) is 360 Å². The van der Waals surface area contributed by atoms with E-state index in [1.54, 1.807) is 0 Å². The molecule has 0 N–H and O–H groups in total. The molecule has 0 atom stereocenters. The standard InChI is InChI=1S/C80H57N3/c1-4-16-58(17-5-1)62-34-46-71(47-35-62)81(72-48-36-63(37-49-72)59-18-6-2-7-19-59)73-50-38-66(39-51-73)67-44-56-76(57-45-67)83(80-29-15-23-69-21-11-13-27-78(69)80)75-54-42-65(43-55-75)61-32-30-60(31-33-61)64-40-52-74(53-41-64)82(70-24-8-3-9-25-70)79-28-14-22-68-20-10-12-26-77(68)79/h1-57H. The molecule has 0 heterocycles. The lowest BCUT2D eigenvalue weighted by Crippen LogP contribution is -2.10. The van der Waals surface area contributed by atoms with Gasteiger partial charge in [-0.25, -0.2) is 0 Å². The zero-order chi connectivity index (χ0) is 55.3. The zero-order valence-electron chi connectivity index (χ0n) is 45.8. The Kier molecular flexibility index (Phi) is 13.7. The molecule has 0 amide bonds. The smallest absolute Gasteiger partial charge is 0.0540 e. The number of hydrogen-bond acceptors (Lipinski definition) is 3. The first kappa shape index (κ1) is 50.2. The Labute approximate surface area is 486 Å². The zero-order valence-corrected chi connectivity index (χ0v) is 45.8. The molecule has 0 aromatic heterocycles. The molecule has 3 heteroatoms. The van der Waals surface area contributed by atoms with E-state index in [0.717, 1.165) is 67.9 Å². The highest BCUT2D eigenvalue weighted by Crippen LogP contribution is 2.43. The number of anilines is 9. The van der Waals surface area contributed by atoms with Gasteiger partial charge in [0.25, 0.3) is 0 Å². The lowest BCUT2D eigenvalue weighted by molar-refractivity contribution is 1.28. The number of para-hydroxylation sites is 1. The number of nitrogens with zero attached hydrogens (tertiary/aromatic N) is 3. The maximum absolute atomic E-state index is 2.38. The van der Waals surface area contributed by atoms with Gasteiger partial charge < -0.3 is 14.7 Å². The van der Waals surface area contributed by atoms with Crippen LogP contribution in [0.3, 0.4) is 0 Å². The highest BCUT2D eigenvalue weighted by molar-refractivity contribution is 6.00. The summed E-state index contributed by atoms with van der Waals surface area (Å²) >= 11 is 0. The average molecular weight is 1060 g/mol. The Morgan fingerprint density at radius 2 is 0.337 bits per heavy atom. The van der Waals surface area contributed by atoms with Crippen molar-refractivity contribution in [3.05, 3.63) is 346 Å². The van der Waals surface area contributed by atoms with E-state index in [4.69, 9.17) is 0 Å². The monoisotopic (exact) mass is 1060 g/mol. The summed E-state index contributed by atoms with van der Waals surface area (Å²) in [5.41, 5.74) is 21.7. The number of rotatable bonds is 14. The van der Waals surface area contributed by atoms with Crippen molar-refractivity contribution < 1.29 is 0 Å². The quantitative estimate of drug-likeness (QED) is 0.107. The molecule has 0 bridgehead atoms. The lowest BCUT2D eigenvalue weighted by Gasteiger charge is -2.27. The van der Waals surface area contributed by atoms with E-state index >= 15 is 0 Å². The third kappa shape index (κ3) is 10.3. The first-order valence-corrected chi connectivity index (χ1v) is 28.4. The fraction of sp³-hybridized carbons (Fsp3) is 0. The van der Waals surface area contributed by atoms with Gasteiger partial charge in [0.05, 0.1) is 11.4 Å². The van der Waals surface area contributed by atoms with Crippen LogP contribution in [0.2, 0.25) is 0 Å². The summed E-state index contributed by atoms with van der Waals surface area (Å²) in [6.07, 6.45) is 0. The maximum atomic E-state index is 2.38. The fourth-order valence-corrected chi connectivity index (χ4v) is 11.6. The molecular formula is C80H57N3. The van der Waals surface area contributed by atoms with Crippen LogP contribution in [-0.2, 0) is 0 Å². The van der Waals surface area contributed by atoms with Crippen molar-refractivity contribution in [2.24, 2.45) is 0 Å². The van der Waals surface area contributed by atoms with Gasteiger partial charge in [0.15, 0.2) is 0 Å². The molecule has 0 radical (unpaired) electrons. The highest BCUT2D eigenvalue weighted by Gasteiger charge is 2.19. The van der Waals surface area contributed by atoms with Crippen LogP contribution in [0.15, 0.2) is 346 Å². The van der Waals surface area contributed by atoms with E-state index in [0.29, 0.717) is 0 Å². The Balaban J connectivity index is 0.733. The summed E-state index contributed by atoms with van der Waals surface area (Å²) in [6, 6.07) is 125. The van der Waals surface area contributed by atoms with Crippen molar-refractivity contribution in [3.8, 4) is 55.6 Å². The molecule has 0 aliphatic carbocycles. The van der Waals surface area contributed by atoms with E-state index in [9.17, 15) is 0 Å². The Bertz CT molecular complexity index is 4380. The SMILES string of the molecule is c1ccc(-c2ccc(N(c3ccc(-c4ccccc4)cc3)c3ccc(-c4ccc(N(c5ccc(-c6ccc(-c7ccc(N(c8ccccc8)c8cccc9ccccc89)cc7)cc6)cc5)c5cccc6ccccc56)cc4)cc3)cc2)cc1. The molecule has 0 saturated carbocycles. The van der Waals surface area contributed by atoms with Gasteiger partial charge in [-0.05, 0) is 163 Å². The highest BCUT2D eigenvalue weighted by atomic mass is 15.2. The van der Waals surface area contributed by atoms with Crippen LogP contribution < -0.4 is 14.7 Å². The minimum absolute atomic E-state index is 1.08. The first-order chi connectivity index (χ1) is 41.1. The molecule has 0 spiro atoms. The second-order valence-corrected chi connectivity index (χ2v) is 20.9. The second-order valence-electron chi connectivity index (χ2n) is 20.9. The van der Waals surface area contributed by atoms with Crippen LogP contribution in [0.4, 0.5) is 51.2 Å². The third-order valence-electron chi connectivity index (χ3n) is 15.9. The van der Waals surface area contributed by atoms with Crippen molar-refractivity contribution in [2.75, 3.05) is 14.7 Å². The molecule has 392 valence electrons. The number of fused-ring (bicyclic) bond motifs is 2. The van der Waals surface area contributed by atoms with Gasteiger partial charge in [-0.15, -0.1) is 0 Å². The Morgan fingerprint density at radius 3 is 0.639 bits per heavy atom. The predicted octanol–water partition coefficient (Wildman–Crippen LogP) is 22.7. The largest absolute Gasteiger partial charge is 0.311 e. The molecule has 0 unspecified atom stereocenters. The molecular weight excluding hydrogens is 1000 g/mol. The molecule has 83 heavy (non-hydrogen) atoms. The molecule has 14 rings (SSSR count). The Morgan fingerprint density at radius 1 is 0.133 bits per heavy atom. The van der Waals surface area contributed by atoms with Crippen molar-refractivity contribution in [1.82, 2.24) is 0 Å². The van der Waals surface area contributed by atoms with E-state index < -0.39 is 0 Å². The van der Waals surface area contributed by atoms with E-state index in [1.165, 1.54) is 60.5 Å². The lowest BCUT2D eigenvalue weighted by atomic mass is 9.99. The minimum Gasteiger partial charge on any atom is -0.311 e. The normalized spacial score (nSPS) is 11.1. The van der Waals surface area contributed by atoms with Crippen molar-refractivity contribution in [1.29, 1.82) is 0 Å². The van der Waals surface area contributed by atoms with Gasteiger partial charge in [-0.1, -0.05) is 249 Å². The van der Waals surface area contributed by atoms with Gasteiger partial charge >= 0.3 is 0 Å². The molecule has 3 nitrogen and oxygen atoms in total. The van der Waals surface area contributed by atoms with Crippen LogP contribution in [-0.4, -0.2) is 0 Å². The van der Waals surface area contributed by atoms with Crippen LogP contribution in [0.25, 0.3) is 77.2 Å². The van der Waals surface area contributed by atoms with E-state index in [-0.39, 0.29) is 0 Å². The predicted molar refractivity (Wildman–Crippen MR) is 353 cm³/mol. The first-order valence-electron chi connectivity index (χ1n) is 28.4. The third-order valence-corrected chi connectivity index (χ3v) is 15.9. The van der Waals surface area contributed by atoms with Crippen LogP contribution >= 0.6 is 0 Å². The van der Waals surface area contributed by atoms with Gasteiger partial charge in [0.1, 0.15) is 0 Å². The van der Waals surface area contributed by atoms with Gasteiger partial charge in [0, 0.05) is 50.6 Å². The molecule has 14 aromatic rings. The summed E-state index contributed by atoms with van der Waals surface area (Å²) in [5.74, 6) is 0. The summed E-state index contributed by atoms with van der Waals surface area (Å²) in [5, 5.41) is 4.83. The van der Waals surface area contributed by atoms with Crippen molar-refractivity contribution >= 4 is 72.7 Å². The van der Waals surface area contributed by atoms with Gasteiger partial charge in [-0.2, -0.15) is 0 Å². The number of benzene rings is 14. The molecule has 0 aliphatic heterocycles. The average Bonchev–Trinajstić information content (AvgIpc) is 3.62. The summed E-state index contributed by atoms with van der Waals surface area (Å²) in [7, 11) is 0. The minimum atomic E-state index is 1.08. The Hall–Kier alpha value is -11.0. The topological polar surface area (TPSA) is 9.72 Å². The summed E-state index contributed by atoms with van der Waals surface area (Å²) < 4.78 is 0.